The van der Waals surface area contributed by atoms with Gasteiger partial charge in [0, 0.05) is 31.0 Å². The maximum absolute atomic E-state index is 14.4. The van der Waals surface area contributed by atoms with Gasteiger partial charge in [-0.1, -0.05) is 37.3 Å². The fourth-order valence-corrected chi connectivity index (χ4v) is 8.05. The highest BCUT2D eigenvalue weighted by atomic mass is 32.2. The Labute approximate surface area is 259 Å². The van der Waals surface area contributed by atoms with Crippen molar-refractivity contribution in [3.05, 3.63) is 48.0 Å². The van der Waals surface area contributed by atoms with Gasteiger partial charge in [0.15, 0.2) is 5.01 Å². The summed E-state index contributed by atoms with van der Waals surface area (Å²) in [5, 5.41) is 19.7. The average molecular weight is 646 g/mol. The molecule has 0 amide bonds. The van der Waals surface area contributed by atoms with Crippen LogP contribution in [0.15, 0.2) is 45.7 Å². The van der Waals surface area contributed by atoms with Gasteiger partial charge in [0.1, 0.15) is 0 Å². The summed E-state index contributed by atoms with van der Waals surface area (Å²) in [7, 11) is -2.83. The number of nitrogens with one attached hydrogen (secondary N) is 1. The highest BCUT2D eigenvalue weighted by Gasteiger charge is 2.36. The molecule has 44 heavy (non-hydrogen) atoms. The standard InChI is InChI=1S/C31H37F2N5O4S2/c1-6-19(2)37-44(5,41)24-13-12-22(20-10-7-8-11-21(20)24)26-23(17-38-15-9-14-31(32,33)18-38)34-28(43-26)27-36-35-25(42-27)16-30(3,4)29(39)40/h7-8,10-13,19H,5-6,9,14-18H2,1-4H3,(H,37,41)(H,39,40)/t19-,44?/m1/s1. The van der Waals surface area contributed by atoms with Gasteiger partial charge >= 0.3 is 5.97 Å². The summed E-state index contributed by atoms with van der Waals surface area (Å²) in [5.74, 6) is 0.558. The van der Waals surface area contributed by atoms with E-state index in [0.717, 1.165) is 27.6 Å². The van der Waals surface area contributed by atoms with Gasteiger partial charge < -0.3 is 9.52 Å². The van der Waals surface area contributed by atoms with Crippen LogP contribution in [0.5, 0.6) is 0 Å². The number of rotatable bonds is 11. The molecule has 13 heteroatoms. The van der Waals surface area contributed by atoms with Crippen molar-refractivity contribution in [1.29, 1.82) is 0 Å². The van der Waals surface area contributed by atoms with Gasteiger partial charge in [0.05, 0.1) is 37.1 Å². The Balaban J connectivity index is 1.60. The minimum absolute atomic E-state index is 0.00265. The molecular formula is C31H37F2N5O4S2. The number of benzene rings is 2. The van der Waals surface area contributed by atoms with E-state index in [-0.39, 0.29) is 43.8 Å². The zero-order chi connectivity index (χ0) is 31.9. The summed E-state index contributed by atoms with van der Waals surface area (Å²) in [6.07, 6.45) is 1.06. The number of hydrogen-bond donors (Lipinski definition) is 2. The molecule has 2 N–H and O–H groups in total. The lowest BCUT2D eigenvalue weighted by atomic mass is 9.90. The lowest BCUT2D eigenvalue weighted by molar-refractivity contribution is -0.147. The summed E-state index contributed by atoms with van der Waals surface area (Å²) in [6.45, 7) is 7.46. The summed E-state index contributed by atoms with van der Waals surface area (Å²) >= 11 is 1.29. The molecular weight excluding hydrogens is 609 g/mol. The molecule has 5 rings (SSSR count). The van der Waals surface area contributed by atoms with Crippen LogP contribution in [-0.2, 0) is 27.5 Å². The van der Waals surface area contributed by atoms with E-state index < -0.39 is 27.0 Å². The highest BCUT2D eigenvalue weighted by molar-refractivity contribution is 7.98. The van der Waals surface area contributed by atoms with Crippen LogP contribution in [-0.4, -0.2) is 66.3 Å². The molecule has 236 valence electrons. The van der Waals surface area contributed by atoms with Crippen molar-refractivity contribution in [2.24, 2.45) is 5.41 Å². The van der Waals surface area contributed by atoms with Gasteiger partial charge in [0.2, 0.25) is 5.89 Å². The van der Waals surface area contributed by atoms with Crippen LogP contribution < -0.4 is 4.72 Å². The van der Waals surface area contributed by atoms with E-state index in [4.69, 9.17) is 9.40 Å². The SMILES string of the molecule is C=S(=O)(N[C@H](C)CC)c1ccc(-c2sc(-c3nnc(CC(C)(C)C(=O)O)o3)nc2CN2CCCC(F)(F)C2)c2ccccc12. The van der Waals surface area contributed by atoms with E-state index in [2.05, 4.69) is 20.8 Å². The van der Waals surface area contributed by atoms with E-state index in [1.54, 1.807) is 24.8 Å². The Morgan fingerprint density at radius 3 is 2.66 bits per heavy atom. The van der Waals surface area contributed by atoms with Crippen LogP contribution in [0.4, 0.5) is 8.78 Å². The topological polar surface area (TPSA) is 121 Å². The van der Waals surface area contributed by atoms with Crippen molar-refractivity contribution in [3.8, 4) is 21.3 Å². The van der Waals surface area contributed by atoms with Crippen LogP contribution >= 0.6 is 11.3 Å². The number of carboxylic acids is 1. The molecule has 1 saturated heterocycles. The molecule has 2 atom stereocenters. The third kappa shape index (κ3) is 6.85. The number of hydrogen-bond acceptors (Lipinski definition) is 8. The maximum Gasteiger partial charge on any atom is 0.309 e. The molecule has 2 aromatic heterocycles. The molecule has 3 heterocycles. The highest BCUT2D eigenvalue weighted by Crippen LogP contribution is 2.41. The number of nitrogens with zero attached hydrogens (tertiary/aromatic N) is 4. The molecule has 1 aliphatic rings. The first-order chi connectivity index (χ1) is 20.7. The summed E-state index contributed by atoms with van der Waals surface area (Å²) in [5.41, 5.74) is 0.275. The van der Waals surface area contributed by atoms with Crippen molar-refractivity contribution >= 4 is 43.7 Å². The maximum atomic E-state index is 14.4. The van der Waals surface area contributed by atoms with Crippen molar-refractivity contribution in [2.45, 2.75) is 76.8 Å². The average Bonchev–Trinajstić information content (AvgIpc) is 3.58. The molecule has 0 bridgehead atoms. The zero-order valence-electron chi connectivity index (χ0n) is 25.2. The van der Waals surface area contributed by atoms with E-state index >= 15 is 0 Å². The van der Waals surface area contributed by atoms with E-state index in [9.17, 15) is 22.9 Å². The molecule has 0 saturated carbocycles. The van der Waals surface area contributed by atoms with E-state index in [1.807, 2.05) is 44.2 Å². The van der Waals surface area contributed by atoms with Gasteiger partial charge in [0.25, 0.3) is 11.8 Å². The number of carbonyl (C=O) groups is 1. The van der Waals surface area contributed by atoms with Crippen molar-refractivity contribution in [2.75, 3.05) is 13.1 Å². The number of fused-ring (bicyclic) bond motifs is 1. The summed E-state index contributed by atoms with van der Waals surface area (Å²) in [4.78, 5) is 19.5. The molecule has 0 radical (unpaired) electrons. The zero-order valence-corrected chi connectivity index (χ0v) is 26.9. The molecule has 1 fully saturated rings. The smallest absolute Gasteiger partial charge is 0.309 e. The molecule has 0 spiro atoms. The summed E-state index contributed by atoms with van der Waals surface area (Å²) in [6, 6.07) is 11.3. The van der Waals surface area contributed by atoms with Gasteiger partial charge in [-0.15, -0.1) is 21.5 Å². The van der Waals surface area contributed by atoms with Crippen LogP contribution in [0, 0.1) is 5.41 Å². The Morgan fingerprint density at radius 2 is 1.98 bits per heavy atom. The Bertz CT molecular complexity index is 1780. The number of thiazole rings is 1. The van der Waals surface area contributed by atoms with E-state index in [1.165, 1.54) is 11.3 Å². The molecule has 4 aromatic rings. The largest absolute Gasteiger partial charge is 0.481 e. The number of halogens is 2. The number of likely N-dealkylation sites (tertiary alicyclic amines) is 1. The molecule has 1 aliphatic heterocycles. The van der Waals surface area contributed by atoms with Crippen molar-refractivity contribution in [1.82, 2.24) is 24.8 Å². The Kier molecular flexibility index (Phi) is 8.96. The molecule has 0 aliphatic carbocycles. The fourth-order valence-electron chi connectivity index (χ4n) is 5.25. The molecule has 2 aromatic carbocycles. The second-order valence-corrected chi connectivity index (χ2v) is 15.1. The van der Waals surface area contributed by atoms with Crippen LogP contribution in [0.25, 0.3) is 32.1 Å². The lowest BCUT2D eigenvalue weighted by Gasteiger charge is -2.32. The van der Waals surface area contributed by atoms with Crippen LogP contribution in [0.3, 0.4) is 0 Å². The normalized spacial score (nSPS) is 17.9. The number of aliphatic carboxylic acids is 1. The summed E-state index contributed by atoms with van der Waals surface area (Å²) < 4.78 is 51.5. The van der Waals surface area contributed by atoms with Crippen molar-refractivity contribution in [3.63, 3.8) is 0 Å². The third-order valence-electron chi connectivity index (χ3n) is 7.85. The number of aromatic nitrogens is 3. The Morgan fingerprint density at radius 1 is 1.25 bits per heavy atom. The minimum atomic E-state index is -2.83. The first kappa shape index (κ1) is 32.1. The predicted octanol–water partition coefficient (Wildman–Crippen LogP) is 6.28. The van der Waals surface area contributed by atoms with Gasteiger partial charge in [-0.3, -0.25) is 9.69 Å². The van der Waals surface area contributed by atoms with Gasteiger partial charge in [-0.05, 0) is 62.9 Å². The third-order valence-corrected chi connectivity index (χ3v) is 10.8. The lowest BCUT2D eigenvalue weighted by Crippen LogP contribution is -2.42. The van der Waals surface area contributed by atoms with Crippen LogP contribution in [0.2, 0.25) is 0 Å². The second-order valence-electron chi connectivity index (χ2n) is 12.1. The quantitative estimate of drug-likeness (QED) is 0.183. The number of carboxylic acid groups (broad SMARTS) is 1. The monoisotopic (exact) mass is 645 g/mol. The molecule has 9 nitrogen and oxygen atoms in total. The number of piperidine rings is 1. The van der Waals surface area contributed by atoms with Gasteiger partial charge in [-0.25, -0.2) is 22.7 Å². The fraction of sp³-hybridized carbons (Fsp3) is 0.452. The Hall–Kier alpha value is -3.26. The first-order valence-electron chi connectivity index (χ1n) is 14.5. The van der Waals surface area contributed by atoms with E-state index in [0.29, 0.717) is 28.6 Å². The van der Waals surface area contributed by atoms with Gasteiger partial charge in [-0.2, -0.15) is 0 Å². The van der Waals surface area contributed by atoms with Crippen LogP contribution in [0.1, 0.15) is 58.5 Å². The van der Waals surface area contributed by atoms with Crippen molar-refractivity contribution < 1.29 is 27.3 Å². The second kappa shape index (κ2) is 12.3. The predicted molar refractivity (Wildman–Crippen MR) is 169 cm³/mol. The first-order valence-corrected chi connectivity index (χ1v) is 17.1. The number of alkyl halides is 2. The minimum Gasteiger partial charge on any atom is -0.481 e. The molecule has 1 unspecified atom stereocenters.